The van der Waals surface area contributed by atoms with Gasteiger partial charge >= 0.3 is 0 Å². The third kappa shape index (κ3) is 6.16. The highest BCUT2D eigenvalue weighted by Gasteiger charge is 2.34. The van der Waals surface area contributed by atoms with Crippen LogP contribution in [0.5, 0.6) is 11.5 Å². The van der Waals surface area contributed by atoms with Gasteiger partial charge in [-0.1, -0.05) is 18.2 Å². The summed E-state index contributed by atoms with van der Waals surface area (Å²) < 4.78 is 17.5. The molecule has 0 radical (unpaired) electrons. The van der Waals surface area contributed by atoms with Crippen molar-refractivity contribution < 1.29 is 18.7 Å². The summed E-state index contributed by atoms with van der Waals surface area (Å²) in [6, 6.07) is 18.4. The number of hydrogen-bond acceptors (Lipinski definition) is 9. The molecular weight excluding hydrogens is 552 g/mol. The molecule has 0 aliphatic carbocycles. The van der Waals surface area contributed by atoms with Gasteiger partial charge in [0, 0.05) is 56.4 Å². The minimum atomic E-state index is -0.181. The lowest BCUT2D eigenvalue weighted by Crippen LogP contribution is -2.53. The first-order valence-electron chi connectivity index (χ1n) is 14.2. The lowest BCUT2D eigenvalue weighted by atomic mass is 10.1. The van der Waals surface area contributed by atoms with Crippen LogP contribution in [-0.4, -0.2) is 78.9 Å². The van der Waals surface area contributed by atoms with E-state index in [0.717, 1.165) is 48.7 Å². The highest BCUT2D eigenvalue weighted by molar-refractivity contribution is 7.99. The van der Waals surface area contributed by atoms with Crippen LogP contribution in [0.2, 0.25) is 0 Å². The lowest BCUT2D eigenvalue weighted by molar-refractivity contribution is -0.134. The minimum Gasteiger partial charge on any atom is -0.497 e. The van der Waals surface area contributed by atoms with Gasteiger partial charge in [0.05, 0.1) is 30.5 Å². The largest absolute Gasteiger partial charge is 0.497 e. The van der Waals surface area contributed by atoms with E-state index in [4.69, 9.17) is 13.9 Å². The number of para-hydroxylation sites is 1. The van der Waals surface area contributed by atoms with Crippen LogP contribution < -0.4 is 20.2 Å². The fourth-order valence-corrected chi connectivity index (χ4v) is 6.62. The summed E-state index contributed by atoms with van der Waals surface area (Å²) in [4.78, 5) is 35.1. The summed E-state index contributed by atoms with van der Waals surface area (Å²) >= 11 is 1.75. The SMILES string of the molecule is COc1ccc(-c2oc3ccccc3c(=O)c2OCCCN2CCN(C(=O)[C@@H]3CSC(c4cccnc4)N3)CC2)cc1. The number of rotatable bonds is 9. The molecule has 1 unspecified atom stereocenters. The summed E-state index contributed by atoms with van der Waals surface area (Å²) in [7, 11) is 1.61. The number of hydrogen-bond donors (Lipinski definition) is 1. The molecule has 2 aliphatic rings. The van der Waals surface area contributed by atoms with Gasteiger partial charge in [-0.05, 0) is 54.4 Å². The van der Waals surface area contributed by atoms with Gasteiger partial charge in [0.1, 0.15) is 11.3 Å². The van der Waals surface area contributed by atoms with Gasteiger partial charge in [-0.3, -0.25) is 24.8 Å². The number of aromatic nitrogens is 1. The quantitative estimate of drug-likeness (QED) is 0.290. The molecule has 2 aliphatic heterocycles. The first-order valence-corrected chi connectivity index (χ1v) is 15.3. The number of pyridine rings is 1. The number of nitrogens with zero attached hydrogens (tertiary/aromatic N) is 3. The number of carbonyl (C=O) groups is 1. The minimum absolute atomic E-state index is 0.101. The van der Waals surface area contributed by atoms with E-state index in [0.29, 0.717) is 36.4 Å². The molecule has 2 saturated heterocycles. The Labute approximate surface area is 248 Å². The molecule has 10 heteroatoms. The number of methoxy groups -OCH3 is 1. The van der Waals surface area contributed by atoms with Gasteiger partial charge in [-0.15, -0.1) is 11.8 Å². The normalized spacial score (nSPS) is 19.2. The number of nitrogens with one attached hydrogen (secondary N) is 1. The molecule has 0 spiro atoms. The highest BCUT2D eigenvalue weighted by Crippen LogP contribution is 2.33. The Morgan fingerprint density at radius 3 is 2.64 bits per heavy atom. The van der Waals surface area contributed by atoms with Crippen LogP contribution in [0.25, 0.3) is 22.3 Å². The molecule has 4 heterocycles. The third-order valence-electron chi connectivity index (χ3n) is 7.72. The van der Waals surface area contributed by atoms with Crippen molar-refractivity contribution in [3.05, 3.63) is 88.8 Å². The lowest BCUT2D eigenvalue weighted by Gasteiger charge is -2.36. The van der Waals surface area contributed by atoms with E-state index in [9.17, 15) is 9.59 Å². The number of piperazine rings is 1. The van der Waals surface area contributed by atoms with Crippen molar-refractivity contribution in [1.82, 2.24) is 20.1 Å². The maximum atomic E-state index is 13.4. The van der Waals surface area contributed by atoms with Gasteiger partial charge in [-0.2, -0.15) is 0 Å². The predicted octanol–water partition coefficient (Wildman–Crippen LogP) is 4.18. The van der Waals surface area contributed by atoms with Crippen LogP contribution in [-0.2, 0) is 4.79 Å². The first-order chi connectivity index (χ1) is 20.6. The van der Waals surface area contributed by atoms with Gasteiger partial charge in [0.2, 0.25) is 17.1 Å². The van der Waals surface area contributed by atoms with Crippen molar-refractivity contribution >= 4 is 28.6 Å². The Morgan fingerprint density at radius 2 is 1.88 bits per heavy atom. The van der Waals surface area contributed by atoms with Crippen LogP contribution in [0.4, 0.5) is 0 Å². The van der Waals surface area contributed by atoms with Crippen molar-refractivity contribution in [1.29, 1.82) is 0 Å². The van der Waals surface area contributed by atoms with Gasteiger partial charge in [0.25, 0.3) is 0 Å². The van der Waals surface area contributed by atoms with Crippen LogP contribution in [0.15, 0.2) is 82.3 Å². The molecule has 2 aromatic carbocycles. The monoisotopic (exact) mass is 586 g/mol. The molecule has 1 N–H and O–H groups in total. The average Bonchev–Trinajstić information content (AvgIpc) is 3.55. The van der Waals surface area contributed by atoms with Gasteiger partial charge < -0.3 is 18.8 Å². The van der Waals surface area contributed by atoms with Crippen LogP contribution >= 0.6 is 11.8 Å². The average molecular weight is 587 g/mol. The number of thioether (sulfide) groups is 1. The Balaban J connectivity index is 1.02. The standard InChI is InChI=1S/C32H34N4O5S/c1-39-24-11-9-22(10-12-24)29-30(28(37)25-7-2-3-8-27(25)41-29)40-19-5-14-35-15-17-36(18-16-35)32(38)26-21-42-31(34-26)23-6-4-13-33-20-23/h2-4,6-13,20,26,31,34H,5,14-19,21H2,1H3/t26-,31?/m0/s1. The summed E-state index contributed by atoms with van der Waals surface area (Å²) in [5.74, 6) is 2.29. The first kappa shape index (κ1) is 28.3. The topological polar surface area (TPSA) is 97.1 Å². The molecule has 2 aromatic heterocycles. The third-order valence-corrected chi connectivity index (χ3v) is 8.99. The predicted molar refractivity (Wildman–Crippen MR) is 164 cm³/mol. The van der Waals surface area contributed by atoms with E-state index in [2.05, 4.69) is 15.2 Å². The number of ether oxygens (including phenoxy) is 2. The van der Waals surface area contributed by atoms with E-state index in [1.54, 1.807) is 37.2 Å². The molecule has 4 aromatic rings. The van der Waals surface area contributed by atoms with E-state index >= 15 is 0 Å². The van der Waals surface area contributed by atoms with Crippen LogP contribution in [0, 0.1) is 0 Å². The Kier molecular flexibility index (Phi) is 8.73. The molecule has 0 saturated carbocycles. The summed E-state index contributed by atoms with van der Waals surface area (Å²) in [6.07, 6.45) is 4.36. The molecule has 2 fully saturated rings. The Bertz CT molecular complexity index is 1570. The van der Waals surface area contributed by atoms with E-state index < -0.39 is 0 Å². The van der Waals surface area contributed by atoms with Crippen molar-refractivity contribution in [2.75, 3.05) is 52.2 Å². The maximum Gasteiger partial charge on any atom is 0.240 e. The zero-order chi connectivity index (χ0) is 28.9. The fraction of sp³-hybridized carbons (Fsp3) is 0.344. The van der Waals surface area contributed by atoms with Crippen molar-refractivity contribution in [2.45, 2.75) is 17.8 Å². The summed E-state index contributed by atoms with van der Waals surface area (Å²) in [6.45, 7) is 4.23. The maximum absolute atomic E-state index is 13.4. The molecule has 9 nitrogen and oxygen atoms in total. The number of fused-ring (bicyclic) bond motifs is 1. The number of benzene rings is 2. The van der Waals surface area contributed by atoms with E-state index in [1.165, 1.54) is 0 Å². The highest BCUT2D eigenvalue weighted by atomic mass is 32.2. The Morgan fingerprint density at radius 1 is 1.07 bits per heavy atom. The summed E-state index contributed by atoms with van der Waals surface area (Å²) in [5.41, 5.74) is 2.19. The molecular formula is C32H34N4O5S. The smallest absolute Gasteiger partial charge is 0.240 e. The zero-order valence-electron chi connectivity index (χ0n) is 23.5. The van der Waals surface area contributed by atoms with Crippen molar-refractivity contribution in [3.63, 3.8) is 0 Å². The second-order valence-electron chi connectivity index (χ2n) is 10.4. The second-order valence-corrected chi connectivity index (χ2v) is 11.5. The molecule has 2 atom stereocenters. The molecule has 6 rings (SSSR count). The number of carbonyl (C=O) groups excluding carboxylic acids is 1. The van der Waals surface area contributed by atoms with Crippen LogP contribution in [0.1, 0.15) is 17.4 Å². The fourth-order valence-electron chi connectivity index (χ4n) is 5.40. The van der Waals surface area contributed by atoms with Gasteiger partial charge in [0.15, 0.2) is 5.76 Å². The number of amides is 1. The molecule has 1 amide bonds. The zero-order valence-corrected chi connectivity index (χ0v) is 24.3. The Hall–Kier alpha value is -3.86. The van der Waals surface area contributed by atoms with E-state index in [1.807, 2.05) is 59.6 Å². The van der Waals surface area contributed by atoms with E-state index in [-0.39, 0.29) is 28.5 Å². The van der Waals surface area contributed by atoms with Crippen LogP contribution in [0.3, 0.4) is 0 Å². The second kappa shape index (κ2) is 13.0. The van der Waals surface area contributed by atoms with Crippen molar-refractivity contribution in [3.8, 4) is 22.8 Å². The summed E-state index contributed by atoms with van der Waals surface area (Å²) in [5, 5.41) is 4.07. The molecule has 42 heavy (non-hydrogen) atoms. The van der Waals surface area contributed by atoms with Gasteiger partial charge in [-0.25, -0.2) is 0 Å². The van der Waals surface area contributed by atoms with Crippen molar-refractivity contribution in [2.24, 2.45) is 0 Å². The molecule has 218 valence electrons. The molecule has 0 bridgehead atoms.